The lowest BCUT2D eigenvalue weighted by molar-refractivity contribution is -0.141. The van der Waals surface area contributed by atoms with Crippen molar-refractivity contribution < 1.29 is 14.3 Å². The van der Waals surface area contributed by atoms with Gasteiger partial charge in [-0.25, -0.2) is 0 Å². The minimum absolute atomic E-state index is 0.103. The maximum atomic E-state index is 11.6. The summed E-state index contributed by atoms with van der Waals surface area (Å²) in [5.41, 5.74) is 2.15. The summed E-state index contributed by atoms with van der Waals surface area (Å²) in [4.78, 5) is 22.5. The lowest BCUT2D eigenvalue weighted by Gasteiger charge is -2.05. The number of nitrogens with one attached hydrogen (secondary N) is 1. The number of aryl methyl sites for hydroxylation is 2. The van der Waals surface area contributed by atoms with Crippen molar-refractivity contribution >= 4 is 22.8 Å². The van der Waals surface area contributed by atoms with Gasteiger partial charge in [0.2, 0.25) is 5.91 Å². The molecule has 1 aromatic heterocycles. The van der Waals surface area contributed by atoms with Crippen LogP contribution in [0.5, 0.6) is 0 Å². The second-order valence-electron chi connectivity index (χ2n) is 4.53. The normalized spacial score (nSPS) is 10.5. The van der Waals surface area contributed by atoms with E-state index >= 15 is 0 Å². The van der Waals surface area contributed by atoms with Gasteiger partial charge in [-0.3, -0.25) is 14.3 Å². The number of aromatic nitrogens is 2. The summed E-state index contributed by atoms with van der Waals surface area (Å²) in [6.45, 7) is 2.38. The van der Waals surface area contributed by atoms with Gasteiger partial charge in [0.25, 0.3) is 0 Å². The zero-order valence-corrected chi connectivity index (χ0v) is 11.5. The highest BCUT2D eigenvalue weighted by molar-refractivity contribution is 5.82. The highest BCUT2D eigenvalue weighted by Crippen LogP contribution is 2.15. The molecule has 0 aliphatic rings. The number of hydrogen-bond acceptors (Lipinski definition) is 4. The van der Waals surface area contributed by atoms with E-state index in [1.807, 2.05) is 25.1 Å². The average Bonchev–Trinajstić information content (AvgIpc) is 2.84. The molecule has 0 spiro atoms. The first-order valence-corrected chi connectivity index (χ1v) is 6.36. The monoisotopic (exact) mass is 275 g/mol. The van der Waals surface area contributed by atoms with Crippen molar-refractivity contribution in [1.82, 2.24) is 15.1 Å². The quantitative estimate of drug-likeness (QED) is 0.827. The predicted octanol–water partition coefficient (Wildman–Crippen LogP) is 1.02. The van der Waals surface area contributed by atoms with Crippen molar-refractivity contribution in [2.75, 3.05) is 13.7 Å². The maximum absolute atomic E-state index is 11.6. The Morgan fingerprint density at radius 2 is 2.20 bits per heavy atom. The molecule has 106 valence electrons. The van der Waals surface area contributed by atoms with E-state index in [-0.39, 0.29) is 18.9 Å². The molecule has 0 unspecified atom stereocenters. The van der Waals surface area contributed by atoms with Crippen LogP contribution in [0.25, 0.3) is 10.9 Å². The van der Waals surface area contributed by atoms with Crippen molar-refractivity contribution in [3.8, 4) is 0 Å². The fourth-order valence-electron chi connectivity index (χ4n) is 1.90. The molecule has 0 saturated carbocycles. The molecular formula is C14H17N3O3. The van der Waals surface area contributed by atoms with Crippen LogP contribution in [0.3, 0.4) is 0 Å². The van der Waals surface area contributed by atoms with E-state index < -0.39 is 5.97 Å². The highest BCUT2D eigenvalue weighted by Gasteiger charge is 2.07. The molecule has 6 heteroatoms. The fraction of sp³-hybridized carbons (Fsp3) is 0.357. The average molecular weight is 275 g/mol. The van der Waals surface area contributed by atoms with Gasteiger partial charge in [-0.05, 0) is 18.6 Å². The van der Waals surface area contributed by atoms with Crippen LogP contribution in [0.15, 0.2) is 24.4 Å². The molecule has 1 aromatic carbocycles. The summed E-state index contributed by atoms with van der Waals surface area (Å²) < 4.78 is 6.24. The van der Waals surface area contributed by atoms with Crippen LogP contribution in [-0.4, -0.2) is 35.3 Å². The first kappa shape index (κ1) is 14.0. The topological polar surface area (TPSA) is 73.2 Å². The van der Waals surface area contributed by atoms with E-state index in [1.165, 1.54) is 7.11 Å². The van der Waals surface area contributed by atoms with Crippen LogP contribution in [-0.2, 0) is 20.9 Å². The van der Waals surface area contributed by atoms with Crippen molar-refractivity contribution in [3.63, 3.8) is 0 Å². The molecule has 0 aliphatic carbocycles. The van der Waals surface area contributed by atoms with Crippen molar-refractivity contribution in [1.29, 1.82) is 0 Å². The standard InChI is InChI=1S/C14H17N3O3/c1-10-3-4-11-8-16-17(12(11)7-10)6-5-13(18)15-9-14(19)20-2/h3-4,7-8H,5-6,9H2,1-2H3,(H,15,18). The summed E-state index contributed by atoms with van der Waals surface area (Å²) in [6, 6.07) is 6.07. The number of methoxy groups -OCH3 is 1. The molecule has 1 heterocycles. The van der Waals surface area contributed by atoms with Gasteiger partial charge in [0.15, 0.2) is 0 Å². The lowest BCUT2D eigenvalue weighted by Crippen LogP contribution is -2.30. The molecule has 0 radical (unpaired) electrons. The van der Waals surface area contributed by atoms with Gasteiger partial charge in [0, 0.05) is 11.8 Å². The molecule has 6 nitrogen and oxygen atoms in total. The minimum Gasteiger partial charge on any atom is -0.468 e. The van der Waals surface area contributed by atoms with Gasteiger partial charge >= 0.3 is 5.97 Å². The SMILES string of the molecule is COC(=O)CNC(=O)CCn1ncc2ccc(C)cc21. The minimum atomic E-state index is -0.460. The van der Waals surface area contributed by atoms with E-state index in [0.717, 1.165) is 16.5 Å². The molecule has 0 fully saturated rings. The Morgan fingerprint density at radius 1 is 1.40 bits per heavy atom. The van der Waals surface area contributed by atoms with Gasteiger partial charge in [-0.15, -0.1) is 0 Å². The number of fused-ring (bicyclic) bond motifs is 1. The second kappa shape index (κ2) is 6.18. The van der Waals surface area contributed by atoms with Crippen LogP contribution < -0.4 is 5.32 Å². The number of rotatable bonds is 5. The predicted molar refractivity (Wildman–Crippen MR) is 74.1 cm³/mol. The van der Waals surface area contributed by atoms with E-state index in [9.17, 15) is 9.59 Å². The molecule has 0 atom stereocenters. The number of ether oxygens (including phenoxy) is 1. The fourth-order valence-corrected chi connectivity index (χ4v) is 1.90. The van der Waals surface area contributed by atoms with Crippen LogP contribution in [0.4, 0.5) is 0 Å². The first-order chi connectivity index (χ1) is 9.60. The number of benzene rings is 1. The molecule has 1 amide bonds. The molecular weight excluding hydrogens is 258 g/mol. The number of nitrogens with zero attached hydrogens (tertiary/aromatic N) is 2. The van der Waals surface area contributed by atoms with Crippen LogP contribution in [0.2, 0.25) is 0 Å². The second-order valence-corrected chi connectivity index (χ2v) is 4.53. The Bertz CT molecular complexity index is 634. The molecule has 20 heavy (non-hydrogen) atoms. The Kier molecular flexibility index (Phi) is 4.34. The third-order valence-electron chi connectivity index (χ3n) is 3.01. The van der Waals surface area contributed by atoms with E-state index in [0.29, 0.717) is 6.54 Å². The number of carbonyl (C=O) groups excluding carboxylic acids is 2. The third kappa shape index (κ3) is 3.34. The number of esters is 1. The highest BCUT2D eigenvalue weighted by atomic mass is 16.5. The van der Waals surface area contributed by atoms with Crippen molar-refractivity contribution in [3.05, 3.63) is 30.0 Å². The van der Waals surface area contributed by atoms with Crippen molar-refractivity contribution in [2.24, 2.45) is 0 Å². The first-order valence-electron chi connectivity index (χ1n) is 6.36. The Morgan fingerprint density at radius 3 is 2.95 bits per heavy atom. The van der Waals surface area contributed by atoms with Crippen LogP contribution in [0.1, 0.15) is 12.0 Å². The molecule has 2 rings (SSSR count). The largest absolute Gasteiger partial charge is 0.468 e. The van der Waals surface area contributed by atoms with Gasteiger partial charge < -0.3 is 10.1 Å². The summed E-state index contributed by atoms with van der Waals surface area (Å²) in [5, 5.41) is 7.81. The Balaban J connectivity index is 1.94. The van der Waals surface area contributed by atoms with Crippen LogP contribution in [0, 0.1) is 6.92 Å². The lowest BCUT2D eigenvalue weighted by atomic mass is 10.2. The van der Waals surface area contributed by atoms with E-state index in [2.05, 4.69) is 15.2 Å². The summed E-state index contributed by atoms with van der Waals surface area (Å²) >= 11 is 0. The summed E-state index contributed by atoms with van der Waals surface area (Å²) in [6.07, 6.45) is 2.04. The van der Waals surface area contributed by atoms with E-state index in [1.54, 1.807) is 10.9 Å². The zero-order valence-electron chi connectivity index (χ0n) is 11.5. The maximum Gasteiger partial charge on any atom is 0.325 e. The van der Waals surface area contributed by atoms with E-state index in [4.69, 9.17) is 0 Å². The smallest absolute Gasteiger partial charge is 0.325 e. The molecule has 0 aliphatic heterocycles. The molecule has 1 N–H and O–H groups in total. The number of carbonyl (C=O) groups is 2. The van der Waals surface area contributed by atoms with Gasteiger partial charge in [0.1, 0.15) is 6.54 Å². The molecule has 0 saturated heterocycles. The zero-order chi connectivity index (χ0) is 14.5. The van der Waals surface area contributed by atoms with Gasteiger partial charge in [0.05, 0.1) is 25.4 Å². The Labute approximate surface area is 116 Å². The van der Waals surface area contributed by atoms with Gasteiger partial charge in [-0.2, -0.15) is 5.10 Å². The summed E-state index contributed by atoms with van der Waals surface area (Å²) in [5.74, 6) is -0.662. The number of hydrogen-bond donors (Lipinski definition) is 1. The van der Waals surface area contributed by atoms with Crippen molar-refractivity contribution in [2.45, 2.75) is 19.9 Å². The number of amides is 1. The molecule has 0 bridgehead atoms. The van der Waals surface area contributed by atoms with Crippen LogP contribution >= 0.6 is 0 Å². The Hall–Kier alpha value is -2.37. The third-order valence-corrected chi connectivity index (χ3v) is 3.01. The molecule has 2 aromatic rings. The van der Waals surface area contributed by atoms with Gasteiger partial charge in [-0.1, -0.05) is 12.1 Å². The summed E-state index contributed by atoms with van der Waals surface area (Å²) in [7, 11) is 1.28.